The van der Waals surface area contributed by atoms with Crippen LogP contribution in [0.5, 0.6) is 0 Å². The Bertz CT molecular complexity index is 774. The zero-order valence-electron chi connectivity index (χ0n) is 15.5. The fourth-order valence-electron chi connectivity index (χ4n) is 3.08. The first-order valence-electron chi connectivity index (χ1n) is 9.26. The lowest BCUT2D eigenvalue weighted by atomic mass is 10.2. The fourth-order valence-corrected chi connectivity index (χ4v) is 3.88. The molecule has 2 aromatic rings. The summed E-state index contributed by atoms with van der Waals surface area (Å²) in [5.74, 6) is -2.40. The monoisotopic (exact) mass is 420 g/mol. The Morgan fingerprint density at radius 2 is 1.79 bits per heavy atom. The van der Waals surface area contributed by atoms with Gasteiger partial charge in [0.05, 0.1) is 32.7 Å². The second kappa shape index (κ2) is 10.5. The van der Waals surface area contributed by atoms with Gasteiger partial charge in [-0.3, -0.25) is 0 Å². The Morgan fingerprint density at radius 3 is 2.43 bits per heavy atom. The molecule has 148 valence electrons. The maximum atomic E-state index is 12.4. The van der Waals surface area contributed by atoms with Crippen LogP contribution in [0, 0.1) is 0 Å². The van der Waals surface area contributed by atoms with Crippen LogP contribution in [0.2, 0.25) is 0 Å². The molecule has 0 saturated carbocycles. The number of nitrogens with zero attached hydrogens (tertiary/aromatic N) is 1. The third kappa shape index (κ3) is 6.58. The van der Waals surface area contributed by atoms with Crippen LogP contribution in [0.15, 0.2) is 65.6 Å². The highest BCUT2D eigenvalue weighted by molar-refractivity contribution is 7.99. The maximum Gasteiger partial charge on any atom is 0.288 e. The Hall–Kier alpha value is -1.96. The van der Waals surface area contributed by atoms with Crippen molar-refractivity contribution in [1.29, 1.82) is 0 Å². The zero-order chi connectivity index (χ0) is 19.8. The third-order valence-electron chi connectivity index (χ3n) is 4.60. The number of nitrogens with one attached hydrogen (secondary N) is 2. The van der Waals surface area contributed by atoms with Crippen LogP contribution in [0.4, 0.5) is 14.5 Å². The minimum atomic E-state index is -2.40. The number of halogens is 2. The van der Waals surface area contributed by atoms with Gasteiger partial charge in [0.2, 0.25) is 0 Å². The van der Waals surface area contributed by atoms with Crippen molar-refractivity contribution in [3.63, 3.8) is 0 Å². The Morgan fingerprint density at radius 1 is 1.11 bits per heavy atom. The maximum absolute atomic E-state index is 12.4. The highest BCUT2D eigenvalue weighted by Gasteiger charge is 2.20. The number of thiocarbonyl (C=S) groups is 1. The molecule has 2 aromatic carbocycles. The first-order valence-corrected chi connectivity index (χ1v) is 10.5. The van der Waals surface area contributed by atoms with Crippen LogP contribution in [-0.4, -0.2) is 48.5 Å². The third-order valence-corrected chi connectivity index (χ3v) is 5.69. The molecule has 0 radical (unpaired) electrons. The van der Waals surface area contributed by atoms with E-state index in [2.05, 4.69) is 34.5 Å². The van der Waals surface area contributed by atoms with Crippen molar-refractivity contribution < 1.29 is 13.7 Å². The molecule has 1 aliphatic rings. The molecular formula is C21H24F2N3S2+. The predicted octanol–water partition coefficient (Wildman–Crippen LogP) is 3.61. The Kier molecular flexibility index (Phi) is 7.82. The minimum Gasteiger partial charge on any atom is -0.338 e. The number of piperazine rings is 1. The van der Waals surface area contributed by atoms with Crippen molar-refractivity contribution in [1.82, 2.24) is 4.90 Å². The lowest BCUT2D eigenvalue weighted by molar-refractivity contribution is -0.897. The lowest BCUT2D eigenvalue weighted by Crippen LogP contribution is -3.14. The minimum absolute atomic E-state index is 0.547. The second-order valence-electron chi connectivity index (χ2n) is 6.59. The molecule has 3 rings (SSSR count). The SMILES string of the molecule is FC(F)Sc1ccc(NC(=S)N2CC[NH+](C/C=C/c3ccccc3)CC2)cc1. The smallest absolute Gasteiger partial charge is 0.288 e. The van der Waals surface area contributed by atoms with Gasteiger partial charge in [-0.25, -0.2) is 0 Å². The van der Waals surface area contributed by atoms with E-state index in [1.165, 1.54) is 5.56 Å². The van der Waals surface area contributed by atoms with Crippen LogP contribution in [0.1, 0.15) is 5.56 Å². The normalized spacial score (nSPS) is 15.3. The van der Waals surface area contributed by atoms with Crippen molar-refractivity contribution in [2.75, 3.05) is 38.0 Å². The highest BCUT2D eigenvalue weighted by Crippen LogP contribution is 2.26. The first kappa shape index (κ1) is 20.8. The number of anilines is 1. The molecule has 3 nitrogen and oxygen atoms in total. The summed E-state index contributed by atoms with van der Waals surface area (Å²) in [5, 5.41) is 3.90. The van der Waals surface area contributed by atoms with Crippen LogP contribution in [0.25, 0.3) is 6.08 Å². The summed E-state index contributed by atoms with van der Waals surface area (Å²) in [6.45, 7) is 4.88. The molecule has 7 heteroatoms. The van der Waals surface area contributed by atoms with E-state index in [9.17, 15) is 8.78 Å². The second-order valence-corrected chi connectivity index (χ2v) is 8.04. The summed E-state index contributed by atoms with van der Waals surface area (Å²) in [4.78, 5) is 4.26. The zero-order valence-corrected chi connectivity index (χ0v) is 17.1. The number of benzene rings is 2. The Balaban J connectivity index is 1.41. The van der Waals surface area contributed by atoms with Crippen molar-refractivity contribution in [3.8, 4) is 0 Å². The van der Waals surface area contributed by atoms with E-state index >= 15 is 0 Å². The van der Waals surface area contributed by atoms with Crippen LogP contribution in [0.3, 0.4) is 0 Å². The molecule has 0 amide bonds. The topological polar surface area (TPSA) is 19.7 Å². The lowest BCUT2D eigenvalue weighted by Gasteiger charge is -2.33. The van der Waals surface area contributed by atoms with Crippen LogP contribution < -0.4 is 10.2 Å². The van der Waals surface area contributed by atoms with Gasteiger partial charge in [0.15, 0.2) is 5.11 Å². The van der Waals surface area contributed by atoms with E-state index in [1.54, 1.807) is 29.2 Å². The van der Waals surface area contributed by atoms with Crippen molar-refractivity contribution >= 4 is 40.9 Å². The van der Waals surface area contributed by atoms with Gasteiger partial charge in [-0.15, -0.1) is 0 Å². The number of rotatable bonds is 6. The van der Waals surface area contributed by atoms with E-state index in [1.807, 2.05) is 18.2 Å². The number of hydrogen-bond acceptors (Lipinski definition) is 2. The summed E-state index contributed by atoms with van der Waals surface area (Å²) in [6.07, 6.45) is 4.40. The molecule has 0 bridgehead atoms. The molecule has 0 atom stereocenters. The molecule has 0 aromatic heterocycles. The molecule has 1 aliphatic heterocycles. The predicted molar refractivity (Wildman–Crippen MR) is 117 cm³/mol. The molecule has 2 N–H and O–H groups in total. The number of alkyl halides is 2. The van der Waals surface area contributed by atoms with E-state index < -0.39 is 5.76 Å². The molecule has 0 spiro atoms. The van der Waals surface area contributed by atoms with Gasteiger partial charge in [0.25, 0.3) is 5.76 Å². The number of hydrogen-bond donors (Lipinski definition) is 2. The number of thioether (sulfide) groups is 1. The standard InChI is InChI=1S/C21H23F2N3S2/c22-20(23)28-19-10-8-18(9-11-19)24-21(27)26-15-13-25(14-16-26)12-4-7-17-5-2-1-3-6-17/h1-11,20H,12-16H2,(H,24,27)/p+1/b7-4+. The van der Waals surface area contributed by atoms with Gasteiger partial charge in [0, 0.05) is 10.6 Å². The summed E-state index contributed by atoms with van der Waals surface area (Å²) in [7, 11) is 0. The molecule has 0 unspecified atom stereocenters. The van der Waals surface area contributed by atoms with Gasteiger partial charge in [-0.05, 0) is 48.1 Å². The molecular weight excluding hydrogens is 396 g/mol. The van der Waals surface area contributed by atoms with Crippen molar-refractivity contribution in [2.45, 2.75) is 10.7 Å². The van der Waals surface area contributed by atoms with E-state index in [0.717, 1.165) is 38.4 Å². The summed E-state index contributed by atoms with van der Waals surface area (Å²) in [6, 6.07) is 17.3. The van der Waals surface area contributed by atoms with Crippen LogP contribution in [-0.2, 0) is 0 Å². The number of quaternary nitrogens is 1. The van der Waals surface area contributed by atoms with Gasteiger partial charge in [0.1, 0.15) is 0 Å². The first-order chi connectivity index (χ1) is 13.6. The average Bonchev–Trinajstić information content (AvgIpc) is 2.70. The van der Waals surface area contributed by atoms with Crippen LogP contribution >= 0.6 is 24.0 Å². The average molecular weight is 421 g/mol. The quantitative estimate of drug-likeness (QED) is 0.550. The van der Waals surface area contributed by atoms with Crippen molar-refractivity contribution in [2.24, 2.45) is 0 Å². The highest BCUT2D eigenvalue weighted by atomic mass is 32.2. The molecule has 0 aliphatic carbocycles. The van der Waals surface area contributed by atoms with E-state index in [-0.39, 0.29) is 0 Å². The molecule has 1 fully saturated rings. The molecule has 1 saturated heterocycles. The summed E-state index contributed by atoms with van der Waals surface area (Å²) in [5.41, 5.74) is 2.05. The fraction of sp³-hybridized carbons (Fsp3) is 0.286. The molecule has 28 heavy (non-hydrogen) atoms. The van der Waals surface area contributed by atoms with Crippen molar-refractivity contribution in [3.05, 3.63) is 66.2 Å². The van der Waals surface area contributed by atoms with E-state index in [0.29, 0.717) is 21.8 Å². The van der Waals surface area contributed by atoms with E-state index in [4.69, 9.17) is 12.2 Å². The van der Waals surface area contributed by atoms with Gasteiger partial charge in [-0.1, -0.05) is 48.2 Å². The Labute approximate surface area is 174 Å². The van der Waals surface area contributed by atoms with Gasteiger partial charge < -0.3 is 15.1 Å². The summed E-state index contributed by atoms with van der Waals surface area (Å²) < 4.78 is 24.8. The summed E-state index contributed by atoms with van der Waals surface area (Å²) >= 11 is 6.06. The molecule has 1 heterocycles. The van der Waals surface area contributed by atoms with Gasteiger partial charge in [-0.2, -0.15) is 8.78 Å². The largest absolute Gasteiger partial charge is 0.338 e. The van der Waals surface area contributed by atoms with Gasteiger partial charge >= 0.3 is 0 Å².